The standard InChI is InChI=1S/C18H19N3O3/c1-12(22)18-20-15-8-7-13(11-16(15)21-18)19-17(23)9-10-24-14-5-3-2-4-6-14/h2-8,11-12,22H,9-10H2,1H3,(H,19,23)(H,20,21). The van der Waals surface area contributed by atoms with E-state index in [1.165, 1.54) is 0 Å². The van der Waals surface area contributed by atoms with Gasteiger partial charge in [0.05, 0.1) is 24.1 Å². The van der Waals surface area contributed by atoms with Crippen molar-refractivity contribution >= 4 is 22.6 Å². The molecule has 24 heavy (non-hydrogen) atoms. The van der Waals surface area contributed by atoms with E-state index in [1.807, 2.05) is 30.3 Å². The van der Waals surface area contributed by atoms with Crippen LogP contribution >= 0.6 is 0 Å². The normalized spacial score (nSPS) is 12.1. The summed E-state index contributed by atoms with van der Waals surface area (Å²) in [6.45, 7) is 1.96. The number of aromatic nitrogens is 2. The van der Waals surface area contributed by atoms with E-state index in [4.69, 9.17) is 4.74 Å². The molecule has 1 heterocycles. The number of nitrogens with zero attached hydrogens (tertiary/aromatic N) is 1. The molecule has 0 bridgehead atoms. The van der Waals surface area contributed by atoms with E-state index in [2.05, 4.69) is 15.3 Å². The molecule has 0 saturated carbocycles. The molecule has 124 valence electrons. The number of hydrogen-bond donors (Lipinski definition) is 3. The molecule has 3 N–H and O–H groups in total. The highest BCUT2D eigenvalue weighted by atomic mass is 16.5. The fourth-order valence-corrected chi connectivity index (χ4v) is 2.31. The summed E-state index contributed by atoms with van der Waals surface area (Å²) >= 11 is 0. The topological polar surface area (TPSA) is 87.2 Å². The molecular weight excluding hydrogens is 306 g/mol. The van der Waals surface area contributed by atoms with Crippen LogP contribution in [0.3, 0.4) is 0 Å². The minimum absolute atomic E-state index is 0.124. The van der Waals surface area contributed by atoms with Crippen LogP contribution in [0.25, 0.3) is 11.0 Å². The molecule has 1 atom stereocenters. The number of nitrogens with one attached hydrogen (secondary N) is 2. The molecule has 1 aromatic heterocycles. The Balaban J connectivity index is 1.56. The summed E-state index contributed by atoms with van der Waals surface area (Å²) in [5.74, 6) is 1.13. The van der Waals surface area contributed by atoms with Crippen molar-refractivity contribution in [2.24, 2.45) is 0 Å². The molecule has 6 nitrogen and oxygen atoms in total. The second kappa shape index (κ2) is 7.14. The van der Waals surface area contributed by atoms with Gasteiger partial charge in [0, 0.05) is 5.69 Å². The summed E-state index contributed by atoms with van der Waals surface area (Å²) in [5.41, 5.74) is 2.19. The third kappa shape index (κ3) is 3.91. The zero-order valence-electron chi connectivity index (χ0n) is 13.3. The lowest BCUT2D eigenvalue weighted by atomic mass is 10.2. The van der Waals surface area contributed by atoms with Crippen molar-refractivity contribution in [2.45, 2.75) is 19.4 Å². The quantitative estimate of drug-likeness (QED) is 0.650. The van der Waals surface area contributed by atoms with Gasteiger partial charge in [-0.25, -0.2) is 4.98 Å². The number of aliphatic hydroxyl groups excluding tert-OH is 1. The first-order valence-electron chi connectivity index (χ1n) is 7.77. The molecule has 3 aromatic rings. The Morgan fingerprint density at radius 1 is 1.29 bits per heavy atom. The van der Waals surface area contributed by atoms with Gasteiger partial charge in [0.25, 0.3) is 0 Å². The number of para-hydroxylation sites is 1. The second-order valence-corrected chi connectivity index (χ2v) is 5.49. The zero-order valence-corrected chi connectivity index (χ0v) is 13.3. The van der Waals surface area contributed by atoms with Gasteiger partial charge in [-0.2, -0.15) is 0 Å². The van der Waals surface area contributed by atoms with E-state index in [0.717, 1.165) is 16.8 Å². The van der Waals surface area contributed by atoms with Gasteiger partial charge in [0.1, 0.15) is 17.7 Å². The highest BCUT2D eigenvalue weighted by molar-refractivity contribution is 5.93. The molecule has 0 radical (unpaired) electrons. The van der Waals surface area contributed by atoms with E-state index < -0.39 is 6.10 Å². The Hall–Kier alpha value is -2.86. The van der Waals surface area contributed by atoms with Crippen molar-refractivity contribution in [3.05, 3.63) is 54.4 Å². The summed E-state index contributed by atoms with van der Waals surface area (Å²) in [4.78, 5) is 19.3. The summed E-state index contributed by atoms with van der Waals surface area (Å²) < 4.78 is 5.51. The van der Waals surface area contributed by atoms with Gasteiger partial charge >= 0.3 is 0 Å². The fraction of sp³-hybridized carbons (Fsp3) is 0.222. The Labute approximate surface area is 139 Å². The first kappa shape index (κ1) is 16.0. The van der Waals surface area contributed by atoms with Crippen LogP contribution in [0.2, 0.25) is 0 Å². The monoisotopic (exact) mass is 325 g/mol. The van der Waals surface area contributed by atoms with Crippen LogP contribution < -0.4 is 10.1 Å². The third-order valence-electron chi connectivity index (χ3n) is 3.52. The second-order valence-electron chi connectivity index (χ2n) is 5.49. The number of fused-ring (bicyclic) bond motifs is 1. The lowest BCUT2D eigenvalue weighted by molar-refractivity contribution is -0.116. The number of benzene rings is 2. The molecule has 6 heteroatoms. The lowest BCUT2D eigenvalue weighted by Crippen LogP contribution is -2.15. The van der Waals surface area contributed by atoms with Crippen molar-refractivity contribution in [3.8, 4) is 5.75 Å². The Morgan fingerprint density at radius 2 is 2.08 bits per heavy atom. The maximum atomic E-state index is 12.0. The van der Waals surface area contributed by atoms with E-state index in [-0.39, 0.29) is 12.3 Å². The van der Waals surface area contributed by atoms with Crippen LogP contribution in [0.4, 0.5) is 5.69 Å². The average molecular weight is 325 g/mol. The number of anilines is 1. The summed E-state index contributed by atoms with van der Waals surface area (Å²) in [6.07, 6.45) is -0.403. The minimum atomic E-state index is -0.662. The largest absolute Gasteiger partial charge is 0.493 e. The van der Waals surface area contributed by atoms with Gasteiger partial charge in [-0.3, -0.25) is 4.79 Å². The molecule has 1 unspecified atom stereocenters. The smallest absolute Gasteiger partial charge is 0.227 e. The third-order valence-corrected chi connectivity index (χ3v) is 3.52. The molecular formula is C18H19N3O3. The van der Waals surface area contributed by atoms with E-state index in [0.29, 0.717) is 18.1 Å². The zero-order chi connectivity index (χ0) is 16.9. The number of carbonyl (C=O) groups is 1. The van der Waals surface area contributed by atoms with Crippen molar-refractivity contribution in [3.63, 3.8) is 0 Å². The van der Waals surface area contributed by atoms with E-state index >= 15 is 0 Å². The number of imidazole rings is 1. The summed E-state index contributed by atoms with van der Waals surface area (Å²) in [7, 11) is 0. The molecule has 0 aliphatic carbocycles. The predicted molar refractivity (Wildman–Crippen MR) is 91.9 cm³/mol. The van der Waals surface area contributed by atoms with Gasteiger partial charge in [-0.1, -0.05) is 18.2 Å². The number of rotatable bonds is 6. The van der Waals surface area contributed by atoms with Crippen LogP contribution in [-0.2, 0) is 4.79 Å². The molecule has 1 amide bonds. The molecule has 2 aromatic carbocycles. The highest BCUT2D eigenvalue weighted by Crippen LogP contribution is 2.20. The first-order chi connectivity index (χ1) is 11.6. The molecule has 0 fully saturated rings. The molecule has 0 saturated heterocycles. The summed E-state index contributed by atoms with van der Waals surface area (Å²) in [6, 6.07) is 14.8. The average Bonchev–Trinajstić information content (AvgIpc) is 2.99. The fourth-order valence-electron chi connectivity index (χ4n) is 2.31. The van der Waals surface area contributed by atoms with Gasteiger partial charge < -0.3 is 20.1 Å². The number of H-pyrrole nitrogens is 1. The SMILES string of the molecule is CC(O)c1nc2ccc(NC(=O)CCOc3ccccc3)cc2[nH]1. The van der Waals surface area contributed by atoms with Crippen LogP contribution in [0.1, 0.15) is 25.3 Å². The van der Waals surface area contributed by atoms with Gasteiger partial charge in [0.15, 0.2) is 0 Å². The number of amides is 1. The van der Waals surface area contributed by atoms with Crippen LogP contribution in [0, 0.1) is 0 Å². The molecule has 0 spiro atoms. The number of aromatic amines is 1. The molecule has 0 aliphatic rings. The lowest BCUT2D eigenvalue weighted by Gasteiger charge is -2.07. The van der Waals surface area contributed by atoms with Crippen molar-refractivity contribution < 1.29 is 14.6 Å². The van der Waals surface area contributed by atoms with Gasteiger partial charge in [-0.05, 0) is 37.3 Å². The molecule has 0 aliphatic heterocycles. The van der Waals surface area contributed by atoms with Crippen molar-refractivity contribution in [1.82, 2.24) is 9.97 Å². The Kier molecular flexibility index (Phi) is 4.77. The maximum Gasteiger partial charge on any atom is 0.227 e. The number of carbonyl (C=O) groups excluding carboxylic acids is 1. The number of aliphatic hydroxyl groups is 1. The van der Waals surface area contributed by atoms with E-state index in [9.17, 15) is 9.90 Å². The van der Waals surface area contributed by atoms with Crippen LogP contribution in [-0.4, -0.2) is 27.6 Å². The van der Waals surface area contributed by atoms with Gasteiger partial charge in [0.2, 0.25) is 5.91 Å². The van der Waals surface area contributed by atoms with Crippen LogP contribution in [0.5, 0.6) is 5.75 Å². The molecule has 3 rings (SSSR count). The minimum Gasteiger partial charge on any atom is -0.493 e. The first-order valence-corrected chi connectivity index (χ1v) is 7.77. The highest BCUT2D eigenvalue weighted by Gasteiger charge is 2.09. The van der Waals surface area contributed by atoms with Crippen molar-refractivity contribution in [2.75, 3.05) is 11.9 Å². The van der Waals surface area contributed by atoms with Gasteiger partial charge in [-0.15, -0.1) is 0 Å². The Bertz CT molecular complexity index is 828. The Morgan fingerprint density at radius 3 is 2.83 bits per heavy atom. The number of hydrogen-bond acceptors (Lipinski definition) is 4. The van der Waals surface area contributed by atoms with Crippen LogP contribution in [0.15, 0.2) is 48.5 Å². The summed E-state index contributed by atoms with van der Waals surface area (Å²) in [5, 5.41) is 12.4. The van der Waals surface area contributed by atoms with E-state index in [1.54, 1.807) is 25.1 Å². The number of ether oxygens (including phenoxy) is 1. The predicted octanol–water partition coefficient (Wildman–Crippen LogP) is 3.02. The maximum absolute atomic E-state index is 12.0. The van der Waals surface area contributed by atoms with Crippen molar-refractivity contribution in [1.29, 1.82) is 0 Å².